The fourth-order valence-corrected chi connectivity index (χ4v) is 4.83. The first-order valence-corrected chi connectivity index (χ1v) is 11.2. The first-order valence-electron chi connectivity index (χ1n) is 9.34. The van der Waals surface area contributed by atoms with Crippen LogP contribution in [0, 0.1) is 5.92 Å². The van der Waals surface area contributed by atoms with Crippen LogP contribution in [-0.2, 0) is 14.8 Å². The number of ether oxygens (including phenoxy) is 1. The number of carbonyl (C=O) groups is 2. The van der Waals surface area contributed by atoms with Gasteiger partial charge in [0.15, 0.2) is 6.61 Å². The van der Waals surface area contributed by atoms with Gasteiger partial charge in [-0.25, -0.2) is 13.2 Å². The average molecular weight is 436 g/mol. The van der Waals surface area contributed by atoms with E-state index in [1.165, 1.54) is 28.6 Å². The molecule has 0 spiro atoms. The second-order valence-electron chi connectivity index (χ2n) is 7.09. The SMILES string of the molecule is CC1CCN(S(=O)(=O)c2ccc(C(=O)OCC(=O)c3ccccc3Cl)cc2)CC1. The van der Waals surface area contributed by atoms with Crippen LogP contribution in [0.2, 0.25) is 5.02 Å². The highest BCUT2D eigenvalue weighted by atomic mass is 35.5. The Labute approximate surface area is 175 Å². The van der Waals surface area contributed by atoms with Crippen LogP contribution >= 0.6 is 11.6 Å². The maximum Gasteiger partial charge on any atom is 0.338 e. The molecular weight excluding hydrogens is 414 g/mol. The Kier molecular flexibility index (Phi) is 6.72. The summed E-state index contributed by atoms with van der Waals surface area (Å²) in [4.78, 5) is 24.5. The van der Waals surface area contributed by atoms with E-state index >= 15 is 0 Å². The molecule has 29 heavy (non-hydrogen) atoms. The fraction of sp³-hybridized carbons (Fsp3) is 0.333. The normalized spacial score (nSPS) is 15.8. The molecule has 0 atom stereocenters. The molecule has 6 nitrogen and oxygen atoms in total. The van der Waals surface area contributed by atoms with Gasteiger partial charge in [-0.3, -0.25) is 4.79 Å². The van der Waals surface area contributed by atoms with Gasteiger partial charge >= 0.3 is 5.97 Å². The summed E-state index contributed by atoms with van der Waals surface area (Å²) in [5, 5.41) is 0.287. The molecule has 2 aromatic rings. The summed E-state index contributed by atoms with van der Waals surface area (Å²) in [7, 11) is -3.58. The van der Waals surface area contributed by atoms with Crippen molar-refractivity contribution in [2.45, 2.75) is 24.7 Å². The van der Waals surface area contributed by atoms with E-state index in [9.17, 15) is 18.0 Å². The van der Waals surface area contributed by atoms with Gasteiger partial charge in [0.2, 0.25) is 15.8 Å². The van der Waals surface area contributed by atoms with Crippen LogP contribution in [0.4, 0.5) is 0 Å². The van der Waals surface area contributed by atoms with E-state index in [2.05, 4.69) is 6.92 Å². The van der Waals surface area contributed by atoms with E-state index in [4.69, 9.17) is 16.3 Å². The Balaban J connectivity index is 1.63. The van der Waals surface area contributed by atoms with E-state index in [1.54, 1.807) is 24.3 Å². The minimum atomic E-state index is -3.58. The first kappa shape index (κ1) is 21.5. The number of Topliss-reactive ketones (excluding diaryl/α,β-unsaturated/α-hetero) is 1. The van der Waals surface area contributed by atoms with Crippen molar-refractivity contribution in [2.75, 3.05) is 19.7 Å². The van der Waals surface area contributed by atoms with E-state index < -0.39 is 28.4 Å². The highest BCUT2D eigenvalue weighted by molar-refractivity contribution is 7.89. The Bertz CT molecular complexity index is 996. The van der Waals surface area contributed by atoms with Gasteiger partial charge < -0.3 is 4.74 Å². The number of esters is 1. The van der Waals surface area contributed by atoms with E-state index in [-0.39, 0.29) is 21.0 Å². The molecule has 1 saturated heterocycles. The molecule has 8 heteroatoms. The van der Waals surface area contributed by atoms with Crippen molar-refractivity contribution in [3.63, 3.8) is 0 Å². The Morgan fingerprint density at radius 1 is 1.07 bits per heavy atom. The number of ketones is 1. The van der Waals surface area contributed by atoms with Crippen molar-refractivity contribution in [3.05, 3.63) is 64.7 Å². The summed E-state index contributed by atoms with van der Waals surface area (Å²) in [5.74, 6) is -0.601. The lowest BCUT2D eigenvalue weighted by Gasteiger charge is -2.29. The zero-order valence-corrected chi connectivity index (χ0v) is 17.6. The predicted molar refractivity (Wildman–Crippen MR) is 110 cm³/mol. The van der Waals surface area contributed by atoms with E-state index in [0.29, 0.717) is 19.0 Å². The Morgan fingerprint density at radius 2 is 1.69 bits per heavy atom. The van der Waals surface area contributed by atoms with Crippen molar-refractivity contribution >= 4 is 33.4 Å². The summed E-state index contributed by atoms with van der Waals surface area (Å²) < 4.78 is 32.0. The molecule has 1 aliphatic rings. The van der Waals surface area contributed by atoms with Gasteiger partial charge in [0.05, 0.1) is 15.5 Å². The van der Waals surface area contributed by atoms with Gasteiger partial charge in [-0.05, 0) is 55.2 Å². The largest absolute Gasteiger partial charge is 0.454 e. The maximum absolute atomic E-state index is 12.7. The van der Waals surface area contributed by atoms with Crippen LogP contribution in [0.1, 0.15) is 40.5 Å². The zero-order chi connectivity index (χ0) is 21.0. The number of rotatable bonds is 6. The first-order chi connectivity index (χ1) is 13.8. The number of hydrogen-bond acceptors (Lipinski definition) is 5. The van der Waals surface area contributed by atoms with Gasteiger partial charge in [0.1, 0.15) is 0 Å². The molecule has 0 saturated carbocycles. The lowest BCUT2D eigenvalue weighted by Crippen LogP contribution is -2.37. The molecule has 0 radical (unpaired) electrons. The van der Waals surface area contributed by atoms with E-state index in [0.717, 1.165) is 12.8 Å². The van der Waals surface area contributed by atoms with Crippen molar-refractivity contribution in [2.24, 2.45) is 5.92 Å². The second-order valence-corrected chi connectivity index (χ2v) is 9.44. The Morgan fingerprint density at radius 3 is 2.31 bits per heavy atom. The van der Waals surface area contributed by atoms with Crippen molar-refractivity contribution in [1.29, 1.82) is 0 Å². The van der Waals surface area contributed by atoms with Crippen molar-refractivity contribution in [3.8, 4) is 0 Å². The summed E-state index contributed by atoms with van der Waals surface area (Å²) in [5.41, 5.74) is 0.447. The van der Waals surface area contributed by atoms with Crippen LogP contribution in [0.25, 0.3) is 0 Å². The molecule has 0 amide bonds. The minimum Gasteiger partial charge on any atom is -0.454 e. The van der Waals surface area contributed by atoms with Gasteiger partial charge in [-0.2, -0.15) is 4.31 Å². The lowest BCUT2D eigenvalue weighted by atomic mass is 10.0. The standard InChI is InChI=1S/C21H22ClNO5S/c1-15-10-12-23(13-11-15)29(26,27)17-8-6-16(7-9-17)21(25)28-14-20(24)18-4-2-3-5-19(18)22/h2-9,15H,10-14H2,1H3. The van der Waals surface area contributed by atoms with Crippen LogP contribution in [-0.4, -0.2) is 44.2 Å². The number of carbonyl (C=O) groups excluding carboxylic acids is 2. The van der Waals surface area contributed by atoms with Gasteiger partial charge in [0.25, 0.3) is 0 Å². The minimum absolute atomic E-state index is 0.135. The summed E-state index contributed by atoms with van der Waals surface area (Å²) in [6, 6.07) is 12.1. The highest BCUT2D eigenvalue weighted by Gasteiger charge is 2.28. The molecule has 0 aliphatic carbocycles. The van der Waals surface area contributed by atoms with Crippen LogP contribution in [0.3, 0.4) is 0 Å². The second kappa shape index (κ2) is 9.07. The van der Waals surface area contributed by atoms with Gasteiger partial charge in [-0.1, -0.05) is 30.7 Å². The summed E-state index contributed by atoms with van der Waals surface area (Å²) in [6.45, 7) is 2.66. The number of benzene rings is 2. The summed E-state index contributed by atoms with van der Waals surface area (Å²) in [6.07, 6.45) is 1.67. The van der Waals surface area contributed by atoms with Crippen molar-refractivity contribution in [1.82, 2.24) is 4.31 Å². The van der Waals surface area contributed by atoms with Crippen molar-refractivity contribution < 1.29 is 22.7 Å². The molecule has 1 aliphatic heterocycles. The smallest absolute Gasteiger partial charge is 0.338 e. The predicted octanol–water partition coefficient (Wildman–Crippen LogP) is 3.80. The Hall–Kier alpha value is -2.22. The van der Waals surface area contributed by atoms with Crippen LogP contribution < -0.4 is 0 Å². The molecule has 154 valence electrons. The highest BCUT2D eigenvalue weighted by Crippen LogP contribution is 2.24. The number of piperidine rings is 1. The molecule has 2 aromatic carbocycles. The monoisotopic (exact) mass is 435 g/mol. The maximum atomic E-state index is 12.7. The molecule has 1 heterocycles. The molecule has 0 unspecified atom stereocenters. The molecule has 3 rings (SSSR count). The molecule has 1 fully saturated rings. The van der Waals surface area contributed by atoms with Crippen LogP contribution in [0.15, 0.2) is 53.4 Å². The number of hydrogen-bond donors (Lipinski definition) is 0. The van der Waals surface area contributed by atoms with Gasteiger partial charge in [0, 0.05) is 18.7 Å². The topological polar surface area (TPSA) is 80.8 Å². The quantitative estimate of drug-likeness (QED) is 0.509. The zero-order valence-electron chi connectivity index (χ0n) is 16.0. The fourth-order valence-electron chi connectivity index (χ4n) is 3.12. The number of nitrogens with zero attached hydrogens (tertiary/aromatic N) is 1. The number of sulfonamides is 1. The summed E-state index contributed by atoms with van der Waals surface area (Å²) >= 11 is 5.96. The third-order valence-electron chi connectivity index (χ3n) is 4.98. The molecular formula is C21H22ClNO5S. The average Bonchev–Trinajstić information content (AvgIpc) is 2.72. The molecule has 0 N–H and O–H groups in total. The lowest BCUT2D eigenvalue weighted by molar-refractivity contribution is 0.0474. The van der Waals surface area contributed by atoms with E-state index in [1.807, 2.05) is 0 Å². The molecule has 0 bridgehead atoms. The third kappa shape index (κ3) is 5.04. The van der Waals surface area contributed by atoms with Gasteiger partial charge in [-0.15, -0.1) is 0 Å². The molecule has 0 aromatic heterocycles. The van der Waals surface area contributed by atoms with Crippen LogP contribution in [0.5, 0.6) is 0 Å². The number of halogens is 1. The third-order valence-corrected chi connectivity index (χ3v) is 7.22.